The third-order valence-electron chi connectivity index (χ3n) is 2.32. The summed E-state index contributed by atoms with van der Waals surface area (Å²) in [5.74, 6) is 0.295. The summed E-state index contributed by atoms with van der Waals surface area (Å²) in [5, 5.41) is 5.90. The Morgan fingerprint density at radius 3 is 2.55 bits per heavy atom. The summed E-state index contributed by atoms with van der Waals surface area (Å²) in [6.45, 7) is 6.53. The summed E-state index contributed by atoms with van der Waals surface area (Å²) in [7, 11) is 1.47. The molecule has 2 N–H and O–H groups in total. The van der Waals surface area contributed by atoms with Crippen LogP contribution >= 0.6 is 0 Å². The first-order valence-electron chi connectivity index (χ1n) is 6.57. The smallest absolute Gasteiger partial charge is 0.328 e. The van der Waals surface area contributed by atoms with Gasteiger partial charge in [-0.15, -0.1) is 0 Å². The Bertz CT molecular complexity index is 441. The van der Waals surface area contributed by atoms with Crippen LogP contribution in [-0.2, 0) is 9.53 Å². The van der Waals surface area contributed by atoms with Gasteiger partial charge in [0.1, 0.15) is 6.04 Å². The van der Waals surface area contributed by atoms with Crippen LogP contribution in [0.1, 0.15) is 27.2 Å². The van der Waals surface area contributed by atoms with Crippen molar-refractivity contribution in [1.29, 1.82) is 0 Å². The van der Waals surface area contributed by atoms with E-state index in [-0.39, 0.29) is 17.9 Å². The number of methoxy groups -OCH3 is 1. The van der Waals surface area contributed by atoms with Crippen LogP contribution in [-0.4, -0.2) is 47.2 Å². The number of carbonyl (C=O) groups is 1. The molecule has 8 heteroatoms. The molecule has 20 heavy (non-hydrogen) atoms. The maximum Gasteiger partial charge on any atom is 0.328 e. The Morgan fingerprint density at radius 2 is 1.95 bits per heavy atom. The van der Waals surface area contributed by atoms with Crippen LogP contribution in [0.4, 0.5) is 11.9 Å². The van der Waals surface area contributed by atoms with Gasteiger partial charge >= 0.3 is 12.0 Å². The molecule has 1 heterocycles. The van der Waals surface area contributed by atoms with Crippen LogP contribution < -0.4 is 15.4 Å². The molecule has 112 valence electrons. The van der Waals surface area contributed by atoms with Crippen molar-refractivity contribution in [3.05, 3.63) is 0 Å². The minimum atomic E-state index is -0.555. The minimum Gasteiger partial charge on any atom is -0.467 e. The molecule has 0 aliphatic carbocycles. The fourth-order valence-electron chi connectivity index (χ4n) is 1.35. The molecule has 1 unspecified atom stereocenters. The summed E-state index contributed by atoms with van der Waals surface area (Å²) >= 11 is 0. The van der Waals surface area contributed by atoms with Gasteiger partial charge in [0.15, 0.2) is 0 Å². The van der Waals surface area contributed by atoms with Gasteiger partial charge in [-0.25, -0.2) is 4.79 Å². The number of anilines is 2. The highest BCUT2D eigenvalue weighted by Gasteiger charge is 2.16. The van der Waals surface area contributed by atoms with E-state index in [1.54, 1.807) is 13.8 Å². The molecular formula is C12H21N5O3. The lowest BCUT2D eigenvalue weighted by Crippen LogP contribution is -2.29. The van der Waals surface area contributed by atoms with Crippen molar-refractivity contribution in [1.82, 2.24) is 15.0 Å². The minimum absolute atomic E-state index is 0.178. The fourth-order valence-corrected chi connectivity index (χ4v) is 1.35. The molecule has 0 saturated carbocycles. The van der Waals surface area contributed by atoms with E-state index >= 15 is 0 Å². The number of esters is 1. The number of hydrogen-bond acceptors (Lipinski definition) is 8. The molecule has 0 aromatic carbocycles. The quantitative estimate of drug-likeness (QED) is 0.683. The van der Waals surface area contributed by atoms with E-state index in [1.165, 1.54) is 7.11 Å². The predicted molar refractivity (Wildman–Crippen MR) is 74.9 cm³/mol. The Kier molecular flexibility index (Phi) is 6.48. The van der Waals surface area contributed by atoms with Crippen molar-refractivity contribution in [2.75, 3.05) is 30.9 Å². The fraction of sp³-hybridized carbons (Fsp3) is 0.667. The van der Waals surface area contributed by atoms with Gasteiger partial charge in [0.2, 0.25) is 11.9 Å². The highest BCUT2D eigenvalue weighted by Crippen LogP contribution is 2.11. The van der Waals surface area contributed by atoms with Gasteiger partial charge in [-0.2, -0.15) is 15.0 Å². The third-order valence-corrected chi connectivity index (χ3v) is 2.32. The largest absolute Gasteiger partial charge is 0.467 e. The van der Waals surface area contributed by atoms with Crippen molar-refractivity contribution in [3.8, 4) is 6.01 Å². The van der Waals surface area contributed by atoms with Crippen LogP contribution in [0.3, 0.4) is 0 Å². The van der Waals surface area contributed by atoms with Crippen LogP contribution in [0.15, 0.2) is 0 Å². The number of carbonyl (C=O) groups excluding carboxylic acids is 1. The molecule has 0 aliphatic rings. The van der Waals surface area contributed by atoms with Gasteiger partial charge in [-0.1, -0.05) is 6.92 Å². The molecule has 0 fully saturated rings. The van der Waals surface area contributed by atoms with Crippen LogP contribution in [0.2, 0.25) is 0 Å². The highest BCUT2D eigenvalue weighted by atomic mass is 16.5. The van der Waals surface area contributed by atoms with Gasteiger partial charge < -0.3 is 20.1 Å². The summed E-state index contributed by atoms with van der Waals surface area (Å²) in [6.07, 6.45) is 0.940. The molecule has 0 radical (unpaired) electrons. The number of aromatic nitrogens is 3. The van der Waals surface area contributed by atoms with Crippen LogP contribution in [0.25, 0.3) is 0 Å². The van der Waals surface area contributed by atoms with Crippen molar-refractivity contribution in [2.24, 2.45) is 0 Å². The number of rotatable bonds is 8. The molecule has 0 amide bonds. The van der Waals surface area contributed by atoms with Gasteiger partial charge in [0.05, 0.1) is 13.7 Å². The van der Waals surface area contributed by atoms with Gasteiger partial charge in [-0.05, 0) is 20.3 Å². The lowest BCUT2D eigenvalue weighted by molar-refractivity contribution is -0.143. The van der Waals surface area contributed by atoms with Gasteiger partial charge in [0, 0.05) is 6.54 Å². The molecule has 1 aromatic heterocycles. The number of nitrogens with one attached hydrogen (secondary N) is 2. The Labute approximate surface area is 118 Å². The lowest BCUT2D eigenvalue weighted by atomic mass is 10.3. The Morgan fingerprint density at radius 1 is 1.25 bits per heavy atom. The van der Waals surface area contributed by atoms with Crippen molar-refractivity contribution in [2.45, 2.75) is 33.2 Å². The SMILES string of the molecule is CCCNc1nc(NC(C)C(=O)OCC)nc(OC)n1. The van der Waals surface area contributed by atoms with E-state index in [9.17, 15) is 4.79 Å². The molecule has 1 rings (SSSR count). The topological polar surface area (TPSA) is 98.3 Å². The second-order valence-corrected chi connectivity index (χ2v) is 4.01. The maximum atomic E-state index is 11.6. The van der Waals surface area contributed by atoms with Gasteiger partial charge in [-0.3, -0.25) is 0 Å². The monoisotopic (exact) mass is 283 g/mol. The highest BCUT2D eigenvalue weighted by molar-refractivity contribution is 5.78. The summed E-state index contributed by atoms with van der Waals surface area (Å²) < 4.78 is 9.91. The summed E-state index contributed by atoms with van der Waals surface area (Å²) in [6, 6.07) is -0.377. The molecule has 0 bridgehead atoms. The Hall–Kier alpha value is -2.12. The normalized spacial score (nSPS) is 11.6. The van der Waals surface area contributed by atoms with Crippen LogP contribution in [0.5, 0.6) is 6.01 Å². The lowest BCUT2D eigenvalue weighted by Gasteiger charge is -2.13. The van der Waals surface area contributed by atoms with E-state index in [2.05, 4.69) is 25.6 Å². The predicted octanol–water partition coefficient (Wildman–Crippen LogP) is 1.07. The molecular weight excluding hydrogens is 262 g/mol. The van der Waals surface area contributed by atoms with Crippen molar-refractivity contribution in [3.63, 3.8) is 0 Å². The number of nitrogens with zero attached hydrogens (tertiary/aromatic N) is 3. The zero-order chi connectivity index (χ0) is 15.0. The van der Waals surface area contributed by atoms with Crippen molar-refractivity contribution < 1.29 is 14.3 Å². The molecule has 0 spiro atoms. The molecule has 0 aliphatic heterocycles. The van der Waals surface area contributed by atoms with Gasteiger partial charge in [0.25, 0.3) is 0 Å². The summed E-state index contributed by atoms with van der Waals surface area (Å²) in [5.41, 5.74) is 0. The van der Waals surface area contributed by atoms with E-state index in [1.807, 2.05) is 6.92 Å². The molecule has 1 aromatic rings. The zero-order valence-corrected chi connectivity index (χ0v) is 12.3. The second kappa shape index (κ2) is 8.13. The number of hydrogen-bond donors (Lipinski definition) is 2. The van der Waals surface area contributed by atoms with E-state index in [0.29, 0.717) is 12.6 Å². The Balaban J connectivity index is 2.79. The number of ether oxygens (including phenoxy) is 2. The average Bonchev–Trinajstić information content (AvgIpc) is 2.45. The second-order valence-electron chi connectivity index (χ2n) is 4.01. The standard InChI is InChI=1S/C12H21N5O3/c1-5-7-13-10-15-11(17-12(16-10)19-4)14-8(3)9(18)20-6-2/h8H,5-7H2,1-4H3,(H2,13,14,15,16,17). The third kappa shape index (κ3) is 4.87. The van der Waals surface area contributed by atoms with E-state index < -0.39 is 6.04 Å². The van der Waals surface area contributed by atoms with Crippen LogP contribution in [0, 0.1) is 0 Å². The molecule has 8 nitrogen and oxygen atoms in total. The van der Waals surface area contributed by atoms with E-state index in [4.69, 9.17) is 9.47 Å². The molecule has 0 saturated heterocycles. The first-order valence-corrected chi connectivity index (χ1v) is 6.57. The molecule has 1 atom stereocenters. The zero-order valence-electron chi connectivity index (χ0n) is 12.3. The first kappa shape index (κ1) is 15.9. The van der Waals surface area contributed by atoms with Crippen molar-refractivity contribution >= 4 is 17.9 Å². The average molecular weight is 283 g/mol. The maximum absolute atomic E-state index is 11.6. The first-order chi connectivity index (χ1) is 9.60. The van der Waals surface area contributed by atoms with E-state index in [0.717, 1.165) is 13.0 Å². The summed E-state index contributed by atoms with van der Waals surface area (Å²) in [4.78, 5) is 23.8.